The van der Waals surface area contributed by atoms with E-state index >= 15 is 0 Å². The number of carbonyl (C=O) groups excluding carboxylic acids is 2. The van der Waals surface area contributed by atoms with E-state index in [1.807, 2.05) is 29.2 Å². The Kier molecular flexibility index (Phi) is 12.3. The van der Waals surface area contributed by atoms with Crippen LogP contribution in [0.1, 0.15) is 114 Å². The number of nitrogens with zero attached hydrogens (tertiary/aromatic N) is 1. The van der Waals surface area contributed by atoms with Crippen LogP contribution in [0.25, 0.3) is 0 Å². The second-order valence-electron chi connectivity index (χ2n) is 9.39. The molecule has 174 valence electrons. The van der Waals surface area contributed by atoms with Crippen molar-refractivity contribution in [3.63, 3.8) is 0 Å². The number of amides is 2. The van der Waals surface area contributed by atoms with Gasteiger partial charge in [0.25, 0.3) is 5.91 Å². The summed E-state index contributed by atoms with van der Waals surface area (Å²) in [5.74, 6) is 0.882. The van der Waals surface area contributed by atoms with Gasteiger partial charge in [-0.1, -0.05) is 78.1 Å². The smallest absolute Gasteiger partial charge is 0.253 e. The van der Waals surface area contributed by atoms with Gasteiger partial charge in [0.05, 0.1) is 0 Å². The maximum absolute atomic E-state index is 12.6. The van der Waals surface area contributed by atoms with Gasteiger partial charge in [-0.05, 0) is 49.4 Å². The summed E-state index contributed by atoms with van der Waals surface area (Å²) in [6, 6.07) is 7.35. The third-order valence-electron chi connectivity index (χ3n) is 6.49. The zero-order chi connectivity index (χ0) is 22.3. The number of likely N-dealkylation sites (tertiary alicyclic amines) is 1. The molecule has 0 unspecified atom stereocenters. The second kappa shape index (κ2) is 15.0. The van der Waals surface area contributed by atoms with Crippen molar-refractivity contribution >= 4 is 17.5 Å². The molecule has 0 saturated carbocycles. The molecular weight excluding hydrogens is 384 g/mol. The Balaban J connectivity index is 1.54. The number of piperidine rings is 1. The SMILES string of the molecule is CCCCCCCCCCCCCC(=O)Nc1ccc(C(=O)N2CCC(C)CC2)cc1. The number of nitrogens with one attached hydrogen (secondary N) is 1. The summed E-state index contributed by atoms with van der Waals surface area (Å²) in [6.07, 6.45) is 16.9. The first-order valence-electron chi connectivity index (χ1n) is 12.8. The molecule has 1 aromatic carbocycles. The van der Waals surface area contributed by atoms with E-state index in [2.05, 4.69) is 19.2 Å². The molecule has 4 nitrogen and oxygen atoms in total. The average Bonchev–Trinajstić information content (AvgIpc) is 2.78. The Hall–Kier alpha value is -1.84. The first-order valence-corrected chi connectivity index (χ1v) is 12.8. The lowest BCUT2D eigenvalue weighted by Gasteiger charge is -2.30. The zero-order valence-electron chi connectivity index (χ0n) is 20.0. The number of hydrogen-bond acceptors (Lipinski definition) is 2. The van der Waals surface area contributed by atoms with Gasteiger partial charge in [-0.2, -0.15) is 0 Å². The Morgan fingerprint density at radius 3 is 1.90 bits per heavy atom. The lowest BCUT2D eigenvalue weighted by molar-refractivity contribution is -0.116. The van der Waals surface area contributed by atoms with Crippen LogP contribution in [-0.4, -0.2) is 29.8 Å². The lowest BCUT2D eigenvalue weighted by atomic mass is 9.98. The van der Waals surface area contributed by atoms with E-state index in [0.29, 0.717) is 17.9 Å². The van der Waals surface area contributed by atoms with Crippen LogP contribution < -0.4 is 5.32 Å². The molecule has 2 rings (SSSR count). The normalized spacial score (nSPS) is 14.6. The van der Waals surface area contributed by atoms with Gasteiger partial charge in [-0.15, -0.1) is 0 Å². The molecular formula is C27H44N2O2. The minimum Gasteiger partial charge on any atom is -0.339 e. The molecule has 1 aliphatic heterocycles. The molecule has 0 bridgehead atoms. The topological polar surface area (TPSA) is 49.4 Å². The summed E-state index contributed by atoms with van der Waals surface area (Å²) >= 11 is 0. The van der Waals surface area contributed by atoms with Crippen molar-refractivity contribution in [2.45, 2.75) is 104 Å². The fourth-order valence-electron chi connectivity index (χ4n) is 4.26. The van der Waals surface area contributed by atoms with Crippen molar-refractivity contribution in [3.05, 3.63) is 29.8 Å². The maximum Gasteiger partial charge on any atom is 0.253 e. The highest BCUT2D eigenvalue weighted by Gasteiger charge is 2.21. The van der Waals surface area contributed by atoms with E-state index < -0.39 is 0 Å². The minimum atomic E-state index is 0.0695. The minimum absolute atomic E-state index is 0.0695. The summed E-state index contributed by atoms with van der Waals surface area (Å²) in [7, 11) is 0. The third kappa shape index (κ3) is 10.3. The van der Waals surface area contributed by atoms with Crippen LogP contribution in [0.4, 0.5) is 5.69 Å². The quantitative estimate of drug-likeness (QED) is 0.319. The van der Waals surface area contributed by atoms with Crippen LogP contribution in [-0.2, 0) is 4.79 Å². The molecule has 1 saturated heterocycles. The van der Waals surface area contributed by atoms with Gasteiger partial charge < -0.3 is 10.2 Å². The van der Waals surface area contributed by atoms with Crippen LogP contribution in [0.5, 0.6) is 0 Å². The number of benzene rings is 1. The first-order chi connectivity index (χ1) is 15.1. The molecule has 0 atom stereocenters. The summed E-state index contributed by atoms with van der Waals surface area (Å²) < 4.78 is 0. The molecule has 1 aliphatic rings. The molecule has 0 aliphatic carbocycles. The monoisotopic (exact) mass is 428 g/mol. The van der Waals surface area contributed by atoms with Crippen LogP contribution in [0.15, 0.2) is 24.3 Å². The Morgan fingerprint density at radius 2 is 1.35 bits per heavy atom. The molecule has 1 fully saturated rings. The van der Waals surface area contributed by atoms with E-state index in [-0.39, 0.29) is 11.8 Å². The summed E-state index contributed by atoms with van der Waals surface area (Å²) in [6.45, 7) is 6.19. The van der Waals surface area contributed by atoms with Crippen molar-refractivity contribution in [3.8, 4) is 0 Å². The predicted octanol–water partition coefficient (Wildman–Crippen LogP) is 7.20. The highest BCUT2D eigenvalue weighted by Crippen LogP contribution is 2.19. The van der Waals surface area contributed by atoms with Gasteiger partial charge in [0.15, 0.2) is 0 Å². The molecule has 1 N–H and O–H groups in total. The molecule has 4 heteroatoms. The summed E-state index contributed by atoms with van der Waals surface area (Å²) in [5.41, 5.74) is 1.48. The van der Waals surface area contributed by atoms with Crippen LogP contribution in [0.3, 0.4) is 0 Å². The molecule has 0 aromatic heterocycles. The van der Waals surface area contributed by atoms with Gasteiger partial charge in [-0.25, -0.2) is 0 Å². The summed E-state index contributed by atoms with van der Waals surface area (Å²) in [5, 5.41) is 2.97. The van der Waals surface area contributed by atoms with Gasteiger partial charge in [-0.3, -0.25) is 9.59 Å². The van der Waals surface area contributed by atoms with Gasteiger partial charge in [0.1, 0.15) is 0 Å². The Bertz CT molecular complexity index is 633. The zero-order valence-corrected chi connectivity index (χ0v) is 20.0. The van der Waals surface area contributed by atoms with Crippen LogP contribution in [0, 0.1) is 5.92 Å². The van der Waals surface area contributed by atoms with Gasteiger partial charge >= 0.3 is 0 Å². The van der Waals surface area contributed by atoms with Gasteiger partial charge in [0.2, 0.25) is 5.91 Å². The molecule has 1 aromatic rings. The van der Waals surface area contributed by atoms with Crippen molar-refractivity contribution in [2.24, 2.45) is 5.92 Å². The van der Waals surface area contributed by atoms with Crippen molar-refractivity contribution in [1.29, 1.82) is 0 Å². The van der Waals surface area contributed by atoms with E-state index in [1.165, 1.54) is 57.8 Å². The lowest BCUT2D eigenvalue weighted by Crippen LogP contribution is -2.37. The highest BCUT2D eigenvalue weighted by atomic mass is 16.2. The Labute approximate surface area is 190 Å². The number of rotatable bonds is 14. The second-order valence-corrected chi connectivity index (χ2v) is 9.39. The fraction of sp³-hybridized carbons (Fsp3) is 0.704. The number of unbranched alkanes of at least 4 members (excludes halogenated alkanes) is 10. The highest BCUT2D eigenvalue weighted by molar-refractivity contribution is 5.95. The molecule has 0 spiro atoms. The third-order valence-corrected chi connectivity index (χ3v) is 6.49. The maximum atomic E-state index is 12.6. The van der Waals surface area contributed by atoms with Crippen LogP contribution >= 0.6 is 0 Å². The van der Waals surface area contributed by atoms with E-state index in [4.69, 9.17) is 0 Å². The number of hydrogen-bond donors (Lipinski definition) is 1. The van der Waals surface area contributed by atoms with Crippen molar-refractivity contribution in [2.75, 3.05) is 18.4 Å². The number of carbonyl (C=O) groups is 2. The summed E-state index contributed by atoms with van der Waals surface area (Å²) in [4.78, 5) is 26.7. The van der Waals surface area contributed by atoms with Gasteiger partial charge in [0, 0.05) is 30.8 Å². The Morgan fingerprint density at radius 1 is 0.839 bits per heavy atom. The fourth-order valence-corrected chi connectivity index (χ4v) is 4.26. The largest absolute Gasteiger partial charge is 0.339 e. The predicted molar refractivity (Wildman–Crippen MR) is 130 cm³/mol. The first kappa shape index (κ1) is 25.4. The number of anilines is 1. The van der Waals surface area contributed by atoms with Crippen molar-refractivity contribution in [1.82, 2.24) is 4.90 Å². The average molecular weight is 429 g/mol. The standard InChI is InChI=1S/C27H44N2O2/c1-3-4-5-6-7-8-9-10-11-12-13-14-26(30)28-25-17-15-24(16-18-25)27(31)29-21-19-23(2)20-22-29/h15-18,23H,3-14,19-22H2,1-2H3,(H,28,30). The van der Waals surface area contributed by atoms with E-state index in [0.717, 1.165) is 44.5 Å². The van der Waals surface area contributed by atoms with E-state index in [9.17, 15) is 9.59 Å². The molecule has 1 heterocycles. The van der Waals surface area contributed by atoms with Crippen LogP contribution in [0.2, 0.25) is 0 Å². The molecule has 31 heavy (non-hydrogen) atoms. The molecule has 0 radical (unpaired) electrons. The van der Waals surface area contributed by atoms with Crippen molar-refractivity contribution < 1.29 is 9.59 Å². The molecule has 2 amide bonds. The van der Waals surface area contributed by atoms with E-state index in [1.54, 1.807) is 0 Å².